The zero-order valence-corrected chi connectivity index (χ0v) is 19.3. The summed E-state index contributed by atoms with van der Waals surface area (Å²) in [5.74, 6) is 0.0173. The summed E-state index contributed by atoms with van der Waals surface area (Å²) in [4.78, 5) is 20.2. The van der Waals surface area contributed by atoms with Crippen LogP contribution in [0.3, 0.4) is 0 Å². The van der Waals surface area contributed by atoms with Gasteiger partial charge in [0.2, 0.25) is 0 Å². The van der Waals surface area contributed by atoms with Crippen LogP contribution in [0.25, 0.3) is 5.65 Å². The summed E-state index contributed by atoms with van der Waals surface area (Å²) in [6, 6.07) is 3.76. The van der Waals surface area contributed by atoms with E-state index in [9.17, 15) is 4.79 Å². The first-order chi connectivity index (χ1) is 14.9. The number of carbonyl (C=O) groups excluding carboxylic acids is 1. The van der Waals surface area contributed by atoms with Crippen LogP contribution in [0.5, 0.6) is 0 Å². The first-order valence-electron chi connectivity index (χ1n) is 11.1. The molecule has 0 aliphatic carbocycles. The maximum Gasteiger partial charge on any atom is 0.274 e. The third-order valence-electron chi connectivity index (χ3n) is 6.12. The van der Waals surface area contributed by atoms with E-state index in [2.05, 4.69) is 17.3 Å². The summed E-state index contributed by atoms with van der Waals surface area (Å²) in [6.07, 6.45) is 9.60. The zero-order chi connectivity index (χ0) is 22.0. The number of aryl methyl sites for hydroxylation is 2. The van der Waals surface area contributed by atoms with Crippen LogP contribution in [0.1, 0.15) is 72.5 Å². The van der Waals surface area contributed by atoms with Crippen LogP contribution in [0.15, 0.2) is 24.5 Å². The van der Waals surface area contributed by atoms with E-state index >= 15 is 0 Å². The number of fused-ring (bicyclic) bond motifs is 1. The second kappa shape index (κ2) is 9.40. The molecule has 31 heavy (non-hydrogen) atoms. The summed E-state index contributed by atoms with van der Waals surface area (Å²) in [7, 11) is 1.93. The van der Waals surface area contributed by atoms with Crippen LogP contribution >= 0.6 is 11.6 Å². The molecule has 0 radical (unpaired) electrons. The molecule has 3 aromatic rings. The fourth-order valence-corrected chi connectivity index (χ4v) is 4.57. The summed E-state index contributed by atoms with van der Waals surface area (Å²) >= 11 is 6.27. The Balaban J connectivity index is 1.63. The van der Waals surface area contributed by atoms with E-state index in [1.165, 1.54) is 19.3 Å². The van der Waals surface area contributed by atoms with Gasteiger partial charge in [-0.05, 0) is 38.8 Å². The van der Waals surface area contributed by atoms with Gasteiger partial charge in [0.05, 0.1) is 16.4 Å². The van der Waals surface area contributed by atoms with Crippen LogP contribution in [-0.2, 0) is 13.6 Å². The molecule has 1 saturated heterocycles. The Morgan fingerprint density at radius 2 is 1.87 bits per heavy atom. The Morgan fingerprint density at radius 3 is 2.55 bits per heavy atom. The van der Waals surface area contributed by atoms with Crippen LogP contribution < -0.4 is 5.32 Å². The highest BCUT2D eigenvalue weighted by Crippen LogP contribution is 2.22. The van der Waals surface area contributed by atoms with Crippen molar-refractivity contribution in [3.63, 3.8) is 0 Å². The monoisotopic (exact) mass is 442 g/mol. The third kappa shape index (κ3) is 4.77. The van der Waals surface area contributed by atoms with Crippen molar-refractivity contribution in [2.24, 2.45) is 7.05 Å². The van der Waals surface area contributed by atoms with Crippen LogP contribution in [0, 0.1) is 6.92 Å². The summed E-state index contributed by atoms with van der Waals surface area (Å²) in [5.41, 5.74) is 4.25. The molecule has 0 bridgehead atoms. The van der Waals surface area contributed by atoms with E-state index in [0.717, 1.165) is 48.5 Å². The molecule has 4 heterocycles. The van der Waals surface area contributed by atoms with Crippen molar-refractivity contribution >= 4 is 23.2 Å². The molecule has 0 unspecified atom stereocenters. The van der Waals surface area contributed by atoms with Gasteiger partial charge in [-0.2, -0.15) is 5.10 Å². The average Bonchev–Trinajstić information content (AvgIpc) is 3.24. The van der Waals surface area contributed by atoms with Gasteiger partial charge in [-0.25, -0.2) is 4.98 Å². The van der Waals surface area contributed by atoms with Crippen molar-refractivity contribution in [2.75, 3.05) is 13.1 Å². The van der Waals surface area contributed by atoms with Gasteiger partial charge < -0.3 is 14.6 Å². The number of nitrogens with zero attached hydrogens (tertiary/aromatic N) is 5. The van der Waals surface area contributed by atoms with Crippen molar-refractivity contribution in [2.45, 2.75) is 58.5 Å². The number of nitrogens with one attached hydrogen (secondary N) is 1. The predicted octanol–water partition coefficient (Wildman–Crippen LogP) is 4.29. The number of rotatable bonds is 5. The van der Waals surface area contributed by atoms with Crippen molar-refractivity contribution in [3.8, 4) is 0 Å². The van der Waals surface area contributed by atoms with Crippen LogP contribution in [-0.4, -0.2) is 43.1 Å². The molecule has 1 N–H and O–H groups in total. The van der Waals surface area contributed by atoms with Gasteiger partial charge in [0.1, 0.15) is 5.65 Å². The summed E-state index contributed by atoms with van der Waals surface area (Å²) in [5, 5.41) is 8.62. The number of hydrogen-bond donors (Lipinski definition) is 1. The molecule has 1 atom stereocenters. The minimum absolute atomic E-state index is 0.0173. The highest BCUT2D eigenvalue weighted by Gasteiger charge is 2.25. The number of amides is 1. The molecule has 1 aliphatic rings. The van der Waals surface area contributed by atoms with Gasteiger partial charge in [0.15, 0.2) is 5.69 Å². The van der Waals surface area contributed by atoms with E-state index in [0.29, 0.717) is 17.3 Å². The van der Waals surface area contributed by atoms with Crippen LogP contribution in [0.4, 0.5) is 0 Å². The fourth-order valence-electron chi connectivity index (χ4n) is 4.41. The largest absolute Gasteiger partial charge is 0.337 e. The van der Waals surface area contributed by atoms with E-state index in [1.807, 2.05) is 52.5 Å². The van der Waals surface area contributed by atoms with Crippen molar-refractivity contribution < 1.29 is 4.79 Å². The number of likely N-dealkylation sites (tertiary alicyclic amines) is 1. The van der Waals surface area contributed by atoms with E-state index in [4.69, 9.17) is 16.6 Å². The fraction of sp³-hybridized carbons (Fsp3) is 0.522. The standard InChI is InChI=1S/C23H31ClN6O/c1-16(19-15-28(3)27-17(19)2)25-13-20-22(26-21-10-9-18(24)14-30(20)21)23(31)29-11-7-5-4-6-8-12-29/h9-10,14-16,25H,4-8,11-13H2,1-3H3/t16-/m0/s1. The van der Waals surface area contributed by atoms with Gasteiger partial charge >= 0.3 is 0 Å². The lowest BCUT2D eigenvalue weighted by molar-refractivity contribution is 0.0735. The molecule has 3 aromatic heterocycles. The molecule has 0 spiro atoms. The topological polar surface area (TPSA) is 67.5 Å². The maximum atomic E-state index is 13.5. The molecule has 166 valence electrons. The lowest BCUT2D eigenvalue weighted by atomic mass is 10.1. The Bertz CT molecular complexity index is 1060. The first-order valence-corrected chi connectivity index (χ1v) is 11.5. The third-order valence-corrected chi connectivity index (χ3v) is 6.34. The molecule has 1 fully saturated rings. The maximum absolute atomic E-state index is 13.5. The Kier molecular flexibility index (Phi) is 6.62. The second-order valence-corrected chi connectivity index (χ2v) is 8.93. The van der Waals surface area contributed by atoms with Crippen LogP contribution in [0.2, 0.25) is 5.02 Å². The zero-order valence-electron chi connectivity index (χ0n) is 18.6. The smallest absolute Gasteiger partial charge is 0.274 e. The Labute approximate surface area is 188 Å². The number of halogens is 1. The van der Waals surface area contributed by atoms with Crippen molar-refractivity contribution in [1.29, 1.82) is 0 Å². The molecule has 8 heteroatoms. The van der Waals surface area contributed by atoms with Crippen molar-refractivity contribution in [3.05, 3.63) is 52.2 Å². The molecule has 4 rings (SSSR count). The SMILES string of the molecule is Cc1nn(C)cc1[C@H](C)NCc1c(C(=O)N2CCCCCCC2)nc2ccc(Cl)cn12. The molecule has 1 aliphatic heterocycles. The number of carbonyl (C=O) groups is 1. The molecule has 0 aromatic carbocycles. The molecule has 0 saturated carbocycles. The molecular formula is C23H31ClN6O. The highest BCUT2D eigenvalue weighted by atomic mass is 35.5. The summed E-state index contributed by atoms with van der Waals surface area (Å²) < 4.78 is 3.77. The first kappa shape index (κ1) is 21.8. The normalized spacial score (nSPS) is 16.3. The lowest BCUT2D eigenvalue weighted by Crippen LogP contribution is -2.35. The second-order valence-electron chi connectivity index (χ2n) is 8.49. The Morgan fingerprint density at radius 1 is 1.16 bits per heavy atom. The van der Waals surface area contributed by atoms with E-state index in [-0.39, 0.29) is 11.9 Å². The minimum Gasteiger partial charge on any atom is -0.337 e. The van der Waals surface area contributed by atoms with Gasteiger partial charge in [-0.15, -0.1) is 0 Å². The average molecular weight is 443 g/mol. The lowest BCUT2D eigenvalue weighted by Gasteiger charge is -2.24. The summed E-state index contributed by atoms with van der Waals surface area (Å²) in [6.45, 7) is 6.22. The van der Waals surface area contributed by atoms with Gasteiger partial charge in [0.25, 0.3) is 5.91 Å². The molecule has 7 nitrogen and oxygen atoms in total. The predicted molar refractivity (Wildman–Crippen MR) is 122 cm³/mol. The van der Waals surface area contributed by atoms with Crippen molar-refractivity contribution in [1.82, 2.24) is 29.4 Å². The molecule has 1 amide bonds. The molecular weight excluding hydrogens is 412 g/mol. The van der Waals surface area contributed by atoms with Gasteiger partial charge in [-0.3, -0.25) is 9.48 Å². The number of hydrogen-bond acceptors (Lipinski definition) is 4. The van der Waals surface area contributed by atoms with E-state index in [1.54, 1.807) is 0 Å². The minimum atomic E-state index is 0.0173. The quantitative estimate of drug-likeness (QED) is 0.640. The number of imidazole rings is 1. The highest BCUT2D eigenvalue weighted by molar-refractivity contribution is 6.30. The number of aromatic nitrogens is 4. The van der Waals surface area contributed by atoms with E-state index < -0.39 is 0 Å². The van der Waals surface area contributed by atoms with Gasteiger partial charge in [-0.1, -0.05) is 30.9 Å². The Hall–Kier alpha value is -2.38. The number of pyridine rings is 1. The van der Waals surface area contributed by atoms with Gasteiger partial charge in [0, 0.05) is 50.7 Å².